The second kappa shape index (κ2) is 7.96. The van der Waals surface area contributed by atoms with Crippen molar-refractivity contribution >= 4 is 23.7 Å². The third-order valence-electron chi connectivity index (χ3n) is 5.72. The highest BCUT2D eigenvalue weighted by Gasteiger charge is 2.51. The molecule has 2 aliphatic rings. The number of halogens is 1. The van der Waals surface area contributed by atoms with E-state index < -0.39 is 35.7 Å². The van der Waals surface area contributed by atoms with E-state index in [4.69, 9.17) is 4.42 Å². The number of oxazole rings is 1. The summed E-state index contributed by atoms with van der Waals surface area (Å²) >= 11 is 0. The Labute approximate surface area is 183 Å². The second-order valence-electron chi connectivity index (χ2n) is 7.79. The van der Waals surface area contributed by atoms with Crippen LogP contribution in [0.1, 0.15) is 24.1 Å². The summed E-state index contributed by atoms with van der Waals surface area (Å²) in [6, 6.07) is 6.94. The largest absolute Gasteiger partial charge is 0.424 e. The van der Waals surface area contributed by atoms with E-state index in [-0.39, 0.29) is 11.3 Å². The van der Waals surface area contributed by atoms with Crippen LogP contribution in [0.2, 0.25) is 0 Å². The number of nitrogens with one attached hydrogen (secondary N) is 1. The molecule has 2 fully saturated rings. The van der Waals surface area contributed by atoms with E-state index in [9.17, 15) is 24.0 Å². The van der Waals surface area contributed by atoms with Crippen molar-refractivity contribution in [1.29, 1.82) is 5.26 Å². The zero-order valence-corrected chi connectivity index (χ0v) is 17.6. The maximum absolute atomic E-state index is 14.3. The van der Waals surface area contributed by atoms with Crippen molar-refractivity contribution in [2.75, 3.05) is 37.6 Å². The number of piperazine rings is 1. The molecule has 1 aromatic heterocycles. The number of amides is 4. The minimum atomic E-state index is -1.58. The summed E-state index contributed by atoms with van der Waals surface area (Å²) in [5, 5.41) is 11.7. The molecule has 2 aromatic rings. The van der Waals surface area contributed by atoms with Gasteiger partial charge >= 0.3 is 6.03 Å². The molecule has 1 N–H and O–H groups in total. The van der Waals surface area contributed by atoms with Gasteiger partial charge < -0.3 is 19.5 Å². The number of imide groups is 1. The molecule has 10 nitrogen and oxygen atoms in total. The molecule has 1 atom stereocenters. The van der Waals surface area contributed by atoms with E-state index in [0.717, 1.165) is 4.90 Å². The van der Waals surface area contributed by atoms with Crippen LogP contribution >= 0.6 is 0 Å². The zero-order valence-electron chi connectivity index (χ0n) is 17.6. The summed E-state index contributed by atoms with van der Waals surface area (Å²) in [5.41, 5.74) is -1.36. The molecule has 2 aliphatic heterocycles. The monoisotopic (exact) mass is 440 g/mol. The number of aryl methyl sites for hydroxylation is 1. The molecule has 3 heterocycles. The van der Waals surface area contributed by atoms with Crippen molar-refractivity contribution in [2.24, 2.45) is 0 Å². The van der Waals surface area contributed by atoms with E-state index >= 15 is 0 Å². The number of nitrogens with zero attached hydrogens (tertiary/aromatic N) is 5. The Bertz CT molecular complexity index is 1130. The quantitative estimate of drug-likeness (QED) is 0.707. The third kappa shape index (κ3) is 3.53. The van der Waals surface area contributed by atoms with E-state index in [2.05, 4.69) is 10.3 Å². The number of aromatic nitrogens is 1. The number of benzene rings is 1. The minimum Gasteiger partial charge on any atom is -0.424 e. The first kappa shape index (κ1) is 21.3. The van der Waals surface area contributed by atoms with Crippen LogP contribution in [0, 0.1) is 24.1 Å². The average Bonchev–Trinajstić information content (AvgIpc) is 3.26. The summed E-state index contributed by atoms with van der Waals surface area (Å²) in [4.78, 5) is 46.4. The second-order valence-corrected chi connectivity index (χ2v) is 7.79. The highest BCUT2D eigenvalue weighted by Crippen LogP contribution is 2.30. The normalized spacial score (nSPS) is 21.0. The molecule has 1 aromatic carbocycles. The van der Waals surface area contributed by atoms with E-state index in [1.807, 2.05) is 11.0 Å². The number of carbonyl (C=O) groups excluding carboxylic acids is 3. The molecule has 0 saturated carbocycles. The van der Waals surface area contributed by atoms with Gasteiger partial charge in [0.15, 0.2) is 5.89 Å². The number of rotatable bonds is 4. The third-order valence-corrected chi connectivity index (χ3v) is 5.72. The zero-order chi connectivity index (χ0) is 23.0. The minimum absolute atomic E-state index is 0.0394. The number of hydrogen-bond donors (Lipinski definition) is 1. The molecule has 0 spiro atoms. The molecule has 0 aliphatic carbocycles. The van der Waals surface area contributed by atoms with Gasteiger partial charge in [-0.3, -0.25) is 14.5 Å². The lowest BCUT2D eigenvalue weighted by Gasteiger charge is -2.35. The van der Waals surface area contributed by atoms with Gasteiger partial charge in [-0.2, -0.15) is 5.26 Å². The van der Waals surface area contributed by atoms with Gasteiger partial charge in [-0.1, -0.05) is 18.2 Å². The van der Waals surface area contributed by atoms with Gasteiger partial charge in [-0.05, 0) is 13.0 Å². The van der Waals surface area contributed by atoms with Crippen molar-refractivity contribution in [2.45, 2.75) is 19.4 Å². The Balaban J connectivity index is 1.41. The van der Waals surface area contributed by atoms with Crippen LogP contribution in [-0.4, -0.2) is 65.4 Å². The Morgan fingerprint density at radius 3 is 2.62 bits per heavy atom. The number of nitriles is 1. The van der Waals surface area contributed by atoms with Crippen molar-refractivity contribution in [3.63, 3.8) is 0 Å². The molecular formula is C21H21FN6O4. The van der Waals surface area contributed by atoms with Gasteiger partial charge in [-0.15, -0.1) is 0 Å². The molecule has 4 rings (SSSR count). The first-order valence-corrected chi connectivity index (χ1v) is 10.0. The van der Waals surface area contributed by atoms with Crippen LogP contribution in [0.15, 0.2) is 28.7 Å². The Hall–Kier alpha value is -3.94. The van der Waals surface area contributed by atoms with Crippen molar-refractivity contribution < 1.29 is 23.2 Å². The maximum atomic E-state index is 14.3. The molecule has 0 radical (unpaired) electrons. The van der Waals surface area contributed by atoms with Gasteiger partial charge in [0, 0.05) is 38.7 Å². The number of urea groups is 1. The van der Waals surface area contributed by atoms with Gasteiger partial charge in [0.2, 0.25) is 17.5 Å². The van der Waals surface area contributed by atoms with E-state index in [0.29, 0.717) is 38.0 Å². The summed E-state index contributed by atoms with van der Waals surface area (Å²) < 4.78 is 19.8. The van der Waals surface area contributed by atoms with E-state index in [1.54, 1.807) is 13.0 Å². The topological polar surface area (TPSA) is 123 Å². The lowest BCUT2D eigenvalue weighted by molar-refractivity contribution is -0.139. The van der Waals surface area contributed by atoms with Crippen LogP contribution < -0.4 is 10.2 Å². The van der Waals surface area contributed by atoms with Crippen LogP contribution in [0.3, 0.4) is 0 Å². The highest BCUT2D eigenvalue weighted by atomic mass is 19.1. The smallest absolute Gasteiger partial charge is 0.325 e. The fraction of sp³-hybridized carbons (Fsp3) is 0.381. The molecule has 1 unspecified atom stereocenters. The van der Waals surface area contributed by atoms with Crippen LogP contribution in [0.5, 0.6) is 0 Å². The predicted molar refractivity (Wildman–Crippen MR) is 109 cm³/mol. The van der Waals surface area contributed by atoms with Crippen molar-refractivity contribution in [3.05, 3.63) is 47.2 Å². The highest BCUT2D eigenvalue weighted by molar-refractivity contribution is 6.09. The van der Waals surface area contributed by atoms with Crippen molar-refractivity contribution in [1.82, 2.24) is 20.1 Å². The molecule has 11 heteroatoms. The summed E-state index contributed by atoms with van der Waals surface area (Å²) in [5.74, 6) is -0.957. The van der Waals surface area contributed by atoms with E-state index in [1.165, 1.54) is 30.0 Å². The molecule has 2 saturated heterocycles. The SMILES string of the molecule is Cc1nc(C#N)c(N2CCN(C(=O)CN3C(=O)NC(C)(c4ccccc4F)C3=O)CC2)o1. The van der Waals surface area contributed by atoms with Crippen LogP contribution in [0.25, 0.3) is 0 Å². The summed E-state index contributed by atoms with van der Waals surface area (Å²) in [7, 11) is 0. The van der Waals surface area contributed by atoms with Crippen molar-refractivity contribution in [3.8, 4) is 6.07 Å². The van der Waals surface area contributed by atoms with Gasteiger partial charge in [0.25, 0.3) is 5.91 Å². The molecule has 4 amide bonds. The first-order valence-electron chi connectivity index (χ1n) is 10.0. The van der Waals surface area contributed by atoms with Gasteiger partial charge in [0.05, 0.1) is 0 Å². The first-order chi connectivity index (χ1) is 15.2. The van der Waals surface area contributed by atoms with Gasteiger partial charge in [0.1, 0.15) is 24.0 Å². The number of hydrogen-bond acceptors (Lipinski definition) is 7. The average molecular weight is 440 g/mol. The molecular weight excluding hydrogens is 419 g/mol. The number of carbonyl (C=O) groups is 3. The molecule has 32 heavy (non-hydrogen) atoms. The summed E-state index contributed by atoms with van der Waals surface area (Å²) in [6.07, 6.45) is 0. The Morgan fingerprint density at radius 1 is 1.28 bits per heavy atom. The molecule has 166 valence electrons. The maximum Gasteiger partial charge on any atom is 0.325 e. The van der Waals surface area contributed by atoms with Crippen LogP contribution in [0.4, 0.5) is 15.1 Å². The lowest BCUT2D eigenvalue weighted by Crippen LogP contribution is -2.52. The Morgan fingerprint density at radius 2 is 1.97 bits per heavy atom. The number of anilines is 1. The fourth-order valence-corrected chi connectivity index (χ4v) is 3.99. The fourth-order valence-electron chi connectivity index (χ4n) is 3.99. The van der Waals surface area contributed by atoms with Gasteiger partial charge in [-0.25, -0.2) is 14.2 Å². The Kier molecular flexibility index (Phi) is 5.30. The predicted octanol–water partition coefficient (Wildman–Crippen LogP) is 1.11. The molecule has 0 bridgehead atoms. The standard InChI is InChI=1S/C21H21FN6O4/c1-13-24-16(11-23)18(32-13)27-9-7-26(8-10-27)17(29)12-28-19(30)21(2,25-20(28)31)14-5-3-4-6-15(14)22/h3-6H,7-10,12H2,1-2H3,(H,25,31). The lowest BCUT2D eigenvalue weighted by atomic mass is 9.91. The van der Waals surface area contributed by atoms with Crippen LogP contribution in [-0.2, 0) is 15.1 Å². The summed E-state index contributed by atoms with van der Waals surface area (Å²) in [6.45, 7) is 4.07.